The normalized spacial score (nSPS) is 32.4. The number of rotatable bonds is 2. The Hall–Kier alpha value is -0.570. The first-order valence-corrected chi connectivity index (χ1v) is 7.67. The molecule has 0 aromatic carbocycles. The van der Waals surface area contributed by atoms with E-state index in [0.717, 1.165) is 19.3 Å². The van der Waals surface area contributed by atoms with Crippen LogP contribution in [0.1, 0.15) is 67.2 Å². The molecule has 0 aromatic rings. The molecule has 2 atom stereocenters. The topological polar surface area (TPSA) is 23.6 Å². The van der Waals surface area contributed by atoms with Gasteiger partial charge in [-0.2, -0.15) is 0 Å². The van der Waals surface area contributed by atoms with E-state index in [1.165, 1.54) is 12.8 Å². The molecule has 2 aliphatic rings. The smallest absolute Gasteiger partial charge is 0.210 e. The Kier molecular flexibility index (Phi) is 3.72. The summed E-state index contributed by atoms with van der Waals surface area (Å²) in [4.78, 5) is 16.2. The highest BCUT2D eigenvalue weighted by atomic mass is 16.1. The number of hydrogen-bond donors (Lipinski definition) is 0. The molecule has 2 bridgehead atoms. The SMILES string of the molecule is CC(C)(C)N(C=O)C1CC2CCC(C1)N2C(C)(C)C. The Bertz CT molecular complexity index is 326. The van der Waals surface area contributed by atoms with E-state index in [2.05, 4.69) is 51.3 Å². The minimum absolute atomic E-state index is 0.0598. The molecule has 2 rings (SSSR count). The van der Waals surface area contributed by atoms with Crippen LogP contribution in [0.5, 0.6) is 0 Å². The van der Waals surface area contributed by atoms with Gasteiger partial charge >= 0.3 is 0 Å². The van der Waals surface area contributed by atoms with Gasteiger partial charge in [-0.15, -0.1) is 0 Å². The van der Waals surface area contributed by atoms with E-state index >= 15 is 0 Å². The first-order chi connectivity index (χ1) is 8.64. The zero-order valence-electron chi connectivity index (χ0n) is 13.4. The van der Waals surface area contributed by atoms with Crippen molar-refractivity contribution >= 4 is 6.41 Å². The van der Waals surface area contributed by atoms with E-state index < -0.39 is 0 Å². The molecule has 0 N–H and O–H groups in total. The molecule has 0 radical (unpaired) electrons. The van der Waals surface area contributed by atoms with Gasteiger partial charge in [0.15, 0.2) is 0 Å². The molecule has 2 saturated heterocycles. The molecule has 1 amide bonds. The number of carbonyl (C=O) groups excluding carboxylic acids is 1. The van der Waals surface area contributed by atoms with E-state index in [9.17, 15) is 4.79 Å². The molecular weight excluding hydrogens is 236 g/mol. The van der Waals surface area contributed by atoms with Crippen LogP contribution in [0.4, 0.5) is 0 Å². The second kappa shape index (κ2) is 4.76. The van der Waals surface area contributed by atoms with Crippen molar-refractivity contribution < 1.29 is 4.79 Å². The summed E-state index contributed by atoms with van der Waals surface area (Å²) in [5.41, 5.74) is 0.195. The summed E-state index contributed by atoms with van der Waals surface area (Å²) in [6, 6.07) is 1.75. The van der Waals surface area contributed by atoms with Crippen LogP contribution in [0.2, 0.25) is 0 Å². The Morgan fingerprint density at radius 1 is 1.00 bits per heavy atom. The van der Waals surface area contributed by atoms with Crippen LogP contribution in [-0.2, 0) is 4.79 Å². The predicted octanol–water partition coefficient (Wildman–Crippen LogP) is 3.04. The van der Waals surface area contributed by atoms with Gasteiger partial charge in [-0.1, -0.05) is 0 Å². The lowest BCUT2D eigenvalue weighted by molar-refractivity contribution is -0.128. The van der Waals surface area contributed by atoms with Crippen LogP contribution in [0.15, 0.2) is 0 Å². The van der Waals surface area contributed by atoms with Crippen molar-refractivity contribution in [1.29, 1.82) is 0 Å². The van der Waals surface area contributed by atoms with Crippen LogP contribution in [0.25, 0.3) is 0 Å². The van der Waals surface area contributed by atoms with Gasteiger partial charge in [-0.05, 0) is 67.2 Å². The van der Waals surface area contributed by atoms with Gasteiger partial charge in [-0.25, -0.2) is 0 Å². The Morgan fingerprint density at radius 3 is 1.79 bits per heavy atom. The summed E-state index contributed by atoms with van der Waals surface area (Å²) >= 11 is 0. The lowest BCUT2D eigenvalue weighted by atomic mass is 9.89. The molecule has 3 heteroatoms. The maximum Gasteiger partial charge on any atom is 0.210 e. The average Bonchev–Trinajstić information content (AvgIpc) is 2.50. The predicted molar refractivity (Wildman–Crippen MR) is 79.1 cm³/mol. The van der Waals surface area contributed by atoms with Crippen LogP contribution < -0.4 is 0 Å². The maximum atomic E-state index is 11.5. The quantitative estimate of drug-likeness (QED) is 0.717. The summed E-state index contributed by atoms with van der Waals surface area (Å²) < 4.78 is 0. The van der Waals surface area contributed by atoms with Crippen molar-refractivity contribution in [3.8, 4) is 0 Å². The number of nitrogens with zero attached hydrogens (tertiary/aromatic N) is 2. The van der Waals surface area contributed by atoms with E-state index in [-0.39, 0.29) is 11.1 Å². The van der Waals surface area contributed by atoms with Gasteiger partial charge in [0.25, 0.3) is 0 Å². The summed E-state index contributed by atoms with van der Waals surface area (Å²) in [6.07, 6.45) is 5.95. The number of amides is 1. The van der Waals surface area contributed by atoms with E-state index in [4.69, 9.17) is 0 Å². The molecule has 0 aliphatic carbocycles. The molecule has 2 fully saturated rings. The molecule has 0 aromatic heterocycles. The minimum Gasteiger partial charge on any atom is -0.337 e. The third-order valence-electron chi connectivity index (χ3n) is 4.76. The Morgan fingerprint density at radius 2 is 1.47 bits per heavy atom. The third kappa shape index (κ3) is 2.81. The van der Waals surface area contributed by atoms with E-state index in [1.807, 2.05) is 0 Å². The highest BCUT2D eigenvalue weighted by molar-refractivity contribution is 5.49. The van der Waals surface area contributed by atoms with Crippen molar-refractivity contribution in [3.63, 3.8) is 0 Å². The molecule has 110 valence electrons. The van der Waals surface area contributed by atoms with Crippen molar-refractivity contribution in [2.45, 2.75) is 96.4 Å². The van der Waals surface area contributed by atoms with Gasteiger partial charge in [0.1, 0.15) is 0 Å². The molecule has 19 heavy (non-hydrogen) atoms. The minimum atomic E-state index is -0.0598. The van der Waals surface area contributed by atoms with Crippen LogP contribution >= 0.6 is 0 Å². The summed E-state index contributed by atoms with van der Waals surface area (Å²) in [5, 5.41) is 0. The third-order valence-corrected chi connectivity index (χ3v) is 4.76. The maximum absolute atomic E-state index is 11.5. The van der Waals surface area contributed by atoms with Gasteiger partial charge in [0.2, 0.25) is 6.41 Å². The molecule has 0 saturated carbocycles. The average molecular weight is 266 g/mol. The van der Waals surface area contributed by atoms with Gasteiger partial charge in [0.05, 0.1) is 0 Å². The van der Waals surface area contributed by atoms with E-state index in [1.54, 1.807) is 0 Å². The fourth-order valence-corrected chi connectivity index (χ4v) is 4.26. The lowest BCUT2D eigenvalue weighted by Crippen LogP contribution is -2.59. The number of carbonyl (C=O) groups is 1. The first kappa shape index (κ1) is 14.8. The molecular formula is C16H30N2O. The molecule has 0 spiro atoms. The number of piperidine rings is 1. The molecule has 2 aliphatic heterocycles. The largest absolute Gasteiger partial charge is 0.337 e. The number of hydrogen-bond acceptors (Lipinski definition) is 2. The second-order valence-corrected chi connectivity index (χ2v) is 8.27. The van der Waals surface area contributed by atoms with Gasteiger partial charge in [-0.3, -0.25) is 9.69 Å². The van der Waals surface area contributed by atoms with Crippen LogP contribution in [-0.4, -0.2) is 45.4 Å². The van der Waals surface area contributed by atoms with Crippen LogP contribution in [0.3, 0.4) is 0 Å². The molecule has 3 nitrogen and oxygen atoms in total. The number of fused-ring (bicyclic) bond motifs is 2. The zero-order chi connectivity index (χ0) is 14.4. The van der Waals surface area contributed by atoms with Gasteiger partial charge in [0, 0.05) is 29.2 Å². The fourth-order valence-electron chi connectivity index (χ4n) is 4.26. The molecule has 2 unspecified atom stereocenters. The molecule has 2 heterocycles. The summed E-state index contributed by atoms with van der Waals surface area (Å²) in [6.45, 7) is 13.4. The van der Waals surface area contributed by atoms with Crippen LogP contribution in [0, 0.1) is 0 Å². The highest BCUT2D eigenvalue weighted by Crippen LogP contribution is 2.42. The van der Waals surface area contributed by atoms with Gasteiger partial charge < -0.3 is 4.90 Å². The second-order valence-electron chi connectivity index (χ2n) is 8.27. The summed E-state index contributed by atoms with van der Waals surface area (Å²) in [7, 11) is 0. The first-order valence-electron chi connectivity index (χ1n) is 7.67. The fraction of sp³-hybridized carbons (Fsp3) is 0.938. The lowest BCUT2D eigenvalue weighted by Gasteiger charge is -2.50. The highest BCUT2D eigenvalue weighted by Gasteiger charge is 2.47. The van der Waals surface area contributed by atoms with Crippen molar-refractivity contribution in [1.82, 2.24) is 9.80 Å². The Labute approximate surface area is 118 Å². The Balaban J connectivity index is 2.14. The zero-order valence-corrected chi connectivity index (χ0v) is 13.4. The summed E-state index contributed by atoms with van der Waals surface area (Å²) in [5.74, 6) is 0. The standard InChI is InChI=1S/C16H30N2O/c1-15(2,3)17(11-19)14-9-12-7-8-13(10-14)18(12)16(4,5)6/h11-14H,7-10H2,1-6H3. The van der Waals surface area contributed by atoms with Crippen molar-refractivity contribution in [3.05, 3.63) is 0 Å². The van der Waals surface area contributed by atoms with Crippen molar-refractivity contribution in [2.24, 2.45) is 0 Å². The van der Waals surface area contributed by atoms with E-state index in [0.29, 0.717) is 18.1 Å². The monoisotopic (exact) mass is 266 g/mol. The van der Waals surface area contributed by atoms with Crippen molar-refractivity contribution in [2.75, 3.05) is 0 Å².